The van der Waals surface area contributed by atoms with E-state index in [0.717, 1.165) is 15.6 Å². The number of pyridine rings is 1. The van der Waals surface area contributed by atoms with Gasteiger partial charge in [0.1, 0.15) is 6.04 Å². The highest BCUT2D eigenvalue weighted by molar-refractivity contribution is 9.10. The zero-order valence-corrected chi connectivity index (χ0v) is 19.8. The van der Waals surface area contributed by atoms with Gasteiger partial charge in [-0.15, -0.1) is 5.10 Å². The molecule has 0 saturated carbocycles. The molecule has 0 spiro atoms. The summed E-state index contributed by atoms with van der Waals surface area (Å²) in [6.45, 7) is 1.86. The molecule has 0 radical (unpaired) electrons. The predicted octanol–water partition coefficient (Wildman–Crippen LogP) is 5.68. The second-order valence-corrected chi connectivity index (χ2v) is 8.88. The van der Waals surface area contributed by atoms with Crippen LogP contribution >= 0.6 is 27.5 Å². The Morgan fingerprint density at radius 2 is 1.97 bits per heavy atom. The Morgan fingerprint density at radius 1 is 1.15 bits per heavy atom. The Kier molecular flexibility index (Phi) is 5.70. The molecule has 2 aromatic carbocycles. The Bertz CT molecular complexity index is 1370. The second kappa shape index (κ2) is 8.80. The lowest BCUT2D eigenvalue weighted by Crippen LogP contribution is -2.31. The lowest BCUT2D eigenvalue weighted by atomic mass is 9.95. The fraction of sp³-hybridized carbons (Fsp3) is 0.0833. The summed E-state index contributed by atoms with van der Waals surface area (Å²) < 4.78 is 2.69. The number of aromatic nitrogens is 4. The molecule has 3 heterocycles. The van der Waals surface area contributed by atoms with Gasteiger partial charge in [-0.3, -0.25) is 9.78 Å². The molecule has 1 atom stereocenters. The first kappa shape index (κ1) is 21.4. The molecule has 1 amide bonds. The molecule has 7 nitrogen and oxygen atoms in total. The smallest absolute Gasteiger partial charge is 0.255 e. The average molecular weight is 522 g/mol. The summed E-state index contributed by atoms with van der Waals surface area (Å²) >= 11 is 9.66. The van der Waals surface area contributed by atoms with E-state index < -0.39 is 6.04 Å². The topological polar surface area (TPSA) is 84.7 Å². The first-order valence-electron chi connectivity index (χ1n) is 10.2. The van der Waals surface area contributed by atoms with Gasteiger partial charge in [-0.1, -0.05) is 51.8 Å². The SMILES string of the molecule is CC1=C(C(=O)Nc2cccnc2)C(c2ccc(Br)cc2)n2nc(-c3cccc(Cl)c3)nc2N1. The molecule has 0 fully saturated rings. The van der Waals surface area contributed by atoms with E-state index in [1.807, 2.05) is 49.4 Å². The molecule has 2 N–H and O–H groups in total. The quantitative estimate of drug-likeness (QED) is 0.361. The van der Waals surface area contributed by atoms with Gasteiger partial charge in [-0.2, -0.15) is 4.98 Å². The van der Waals surface area contributed by atoms with Crippen molar-refractivity contribution < 1.29 is 4.79 Å². The van der Waals surface area contributed by atoms with Gasteiger partial charge in [0, 0.05) is 27.0 Å². The summed E-state index contributed by atoms with van der Waals surface area (Å²) in [5, 5.41) is 11.5. The van der Waals surface area contributed by atoms with Gasteiger partial charge in [0.15, 0.2) is 5.82 Å². The molecule has 5 rings (SSSR count). The van der Waals surface area contributed by atoms with Crippen LogP contribution in [0.1, 0.15) is 18.5 Å². The van der Waals surface area contributed by atoms with E-state index >= 15 is 0 Å². The summed E-state index contributed by atoms with van der Waals surface area (Å²) in [6.07, 6.45) is 3.27. The van der Waals surface area contributed by atoms with Crippen LogP contribution in [0.15, 0.2) is 88.8 Å². The maximum Gasteiger partial charge on any atom is 0.255 e. The van der Waals surface area contributed by atoms with Gasteiger partial charge in [0.2, 0.25) is 5.95 Å². The van der Waals surface area contributed by atoms with E-state index in [4.69, 9.17) is 16.7 Å². The highest BCUT2D eigenvalue weighted by atomic mass is 79.9. The number of carbonyl (C=O) groups excluding carboxylic acids is 1. The molecular formula is C24H18BrClN6O. The molecule has 4 aromatic rings. The van der Waals surface area contributed by atoms with Crippen LogP contribution in [0.4, 0.5) is 11.6 Å². The van der Waals surface area contributed by atoms with E-state index in [0.29, 0.717) is 33.8 Å². The second-order valence-electron chi connectivity index (χ2n) is 7.53. The summed E-state index contributed by atoms with van der Waals surface area (Å²) in [5.74, 6) is 0.823. The maximum atomic E-state index is 13.4. The number of rotatable bonds is 4. The van der Waals surface area contributed by atoms with Crippen LogP contribution < -0.4 is 10.6 Å². The molecule has 33 heavy (non-hydrogen) atoms. The lowest BCUT2D eigenvalue weighted by molar-refractivity contribution is -0.113. The van der Waals surface area contributed by atoms with E-state index in [1.54, 1.807) is 35.3 Å². The molecule has 9 heteroatoms. The fourth-order valence-corrected chi connectivity index (χ4v) is 4.24. The van der Waals surface area contributed by atoms with Gasteiger partial charge in [-0.25, -0.2) is 4.68 Å². The van der Waals surface area contributed by atoms with E-state index in [9.17, 15) is 4.79 Å². The van der Waals surface area contributed by atoms with E-state index in [-0.39, 0.29) is 5.91 Å². The number of hydrogen-bond donors (Lipinski definition) is 2. The van der Waals surface area contributed by atoms with E-state index in [2.05, 4.69) is 36.5 Å². The van der Waals surface area contributed by atoms with Crippen molar-refractivity contribution in [1.82, 2.24) is 19.7 Å². The van der Waals surface area contributed by atoms with E-state index in [1.165, 1.54) is 0 Å². The molecule has 164 valence electrons. The van der Waals surface area contributed by atoms with Crippen molar-refractivity contribution in [3.8, 4) is 11.4 Å². The fourth-order valence-electron chi connectivity index (χ4n) is 3.78. The van der Waals surface area contributed by atoms with Gasteiger partial charge < -0.3 is 10.6 Å². The minimum atomic E-state index is -0.480. The first-order valence-corrected chi connectivity index (χ1v) is 11.3. The normalized spacial score (nSPS) is 15.1. The highest BCUT2D eigenvalue weighted by Crippen LogP contribution is 2.37. The monoisotopic (exact) mass is 520 g/mol. The summed E-state index contributed by atoms with van der Waals surface area (Å²) in [6, 6.07) is 18.3. The van der Waals surface area contributed by atoms with Gasteiger partial charge in [-0.05, 0) is 48.9 Å². The molecule has 1 aliphatic rings. The predicted molar refractivity (Wildman–Crippen MR) is 132 cm³/mol. The number of anilines is 2. The van der Waals surface area contributed by atoms with Crippen LogP contribution in [0.25, 0.3) is 11.4 Å². The van der Waals surface area contributed by atoms with Crippen molar-refractivity contribution in [3.05, 3.63) is 99.4 Å². The molecule has 1 unspecified atom stereocenters. The Hall–Kier alpha value is -3.49. The molecule has 1 aliphatic heterocycles. The lowest BCUT2D eigenvalue weighted by Gasteiger charge is -2.28. The van der Waals surface area contributed by atoms with Gasteiger partial charge in [0.25, 0.3) is 5.91 Å². The van der Waals surface area contributed by atoms with Crippen LogP contribution in [0.2, 0.25) is 5.02 Å². The van der Waals surface area contributed by atoms with Gasteiger partial charge >= 0.3 is 0 Å². The Balaban J connectivity index is 1.61. The van der Waals surface area contributed by atoms with Crippen LogP contribution in [0.3, 0.4) is 0 Å². The highest BCUT2D eigenvalue weighted by Gasteiger charge is 2.34. The summed E-state index contributed by atoms with van der Waals surface area (Å²) in [4.78, 5) is 22.2. The number of amides is 1. The molecular weight excluding hydrogens is 504 g/mol. The Labute approximate surface area is 203 Å². The Morgan fingerprint density at radius 3 is 2.70 bits per heavy atom. The van der Waals surface area contributed by atoms with Crippen molar-refractivity contribution in [3.63, 3.8) is 0 Å². The maximum absolute atomic E-state index is 13.4. The third kappa shape index (κ3) is 4.27. The molecule has 2 aromatic heterocycles. The number of fused-ring (bicyclic) bond motifs is 1. The van der Waals surface area contributed by atoms with Crippen LogP contribution in [-0.2, 0) is 4.79 Å². The zero-order valence-electron chi connectivity index (χ0n) is 17.5. The van der Waals surface area contributed by atoms with Crippen molar-refractivity contribution >= 4 is 45.1 Å². The summed E-state index contributed by atoms with van der Waals surface area (Å²) in [5.41, 5.74) is 3.54. The number of carbonyl (C=O) groups is 1. The minimum absolute atomic E-state index is 0.244. The zero-order chi connectivity index (χ0) is 22.9. The number of allylic oxidation sites excluding steroid dienone is 1. The van der Waals surface area contributed by atoms with Crippen molar-refractivity contribution in [2.75, 3.05) is 10.6 Å². The largest absolute Gasteiger partial charge is 0.328 e. The standard InChI is InChI=1S/C24H18BrClN6O/c1-14-20(23(33)29-19-6-3-11-27-13-19)21(15-7-9-17(25)10-8-15)32-24(28-14)30-22(31-32)16-4-2-5-18(26)12-16/h2-13,21H,1H3,(H,29,33)(H,28,30,31). The number of nitrogens with one attached hydrogen (secondary N) is 2. The number of halogens is 2. The van der Waals surface area contributed by atoms with Crippen molar-refractivity contribution in [2.45, 2.75) is 13.0 Å². The molecule has 0 bridgehead atoms. The molecule has 0 aliphatic carbocycles. The van der Waals surface area contributed by atoms with Gasteiger partial charge in [0.05, 0.1) is 17.5 Å². The van der Waals surface area contributed by atoms with Crippen LogP contribution in [-0.4, -0.2) is 25.7 Å². The number of benzene rings is 2. The molecule has 0 saturated heterocycles. The first-order chi connectivity index (χ1) is 16.0. The van der Waals surface area contributed by atoms with Crippen molar-refractivity contribution in [1.29, 1.82) is 0 Å². The third-order valence-corrected chi connectivity index (χ3v) is 6.05. The average Bonchev–Trinajstić information content (AvgIpc) is 3.23. The minimum Gasteiger partial charge on any atom is -0.328 e. The van der Waals surface area contributed by atoms with Crippen LogP contribution in [0.5, 0.6) is 0 Å². The van der Waals surface area contributed by atoms with Crippen molar-refractivity contribution in [2.24, 2.45) is 0 Å². The third-order valence-electron chi connectivity index (χ3n) is 5.29. The summed E-state index contributed by atoms with van der Waals surface area (Å²) in [7, 11) is 0. The van der Waals surface area contributed by atoms with Crippen LogP contribution in [0, 0.1) is 0 Å². The number of nitrogens with zero attached hydrogens (tertiary/aromatic N) is 4. The number of hydrogen-bond acceptors (Lipinski definition) is 5.